The summed E-state index contributed by atoms with van der Waals surface area (Å²) in [5.74, 6) is -0.0387. The number of aryl methyl sites for hydroxylation is 1. The number of pyridine rings is 1. The summed E-state index contributed by atoms with van der Waals surface area (Å²) in [6.45, 7) is 4.11. The highest BCUT2D eigenvalue weighted by atomic mass is 32.1. The summed E-state index contributed by atoms with van der Waals surface area (Å²) in [5.41, 5.74) is 3.56. The van der Waals surface area contributed by atoms with Crippen LogP contribution in [0, 0.1) is 6.92 Å². The number of aromatic carboxylic acids is 1. The van der Waals surface area contributed by atoms with E-state index in [1.54, 1.807) is 0 Å². The van der Waals surface area contributed by atoms with Crippen LogP contribution in [0.4, 0.5) is 5.82 Å². The summed E-state index contributed by atoms with van der Waals surface area (Å²) in [4.78, 5) is 20.1. The first-order valence-corrected chi connectivity index (χ1v) is 11.1. The molecule has 0 radical (unpaired) electrons. The zero-order valence-electron chi connectivity index (χ0n) is 16.9. The van der Waals surface area contributed by atoms with Crippen LogP contribution in [-0.4, -0.2) is 40.9 Å². The Labute approximate surface area is 178 Å². The lowest BCUT2D eigenvalue weighted by Gasteiger charge is -2.44. The highest BCUT2D eigenvalue weighted by molar-refractivity contribution is 7.14. The van der Waals surface area contributed by atoms with Crippen LogP contribution in [0.2, 0.25) is 0 Å². The SMILES string of the molecule is Cc1ccc2cc(CO)c(N3CCC4(CC3)OCCc3sc(C(=O)O)cc34)nc2c1. The number of hydrogen-bond donors (Lipinski definition) is 2. The van der Waals surface area contributed by atoms with Gasteiger partial charge in [-0.25, -0.2) is 9.78 Å². The van der Waals surface area contributed by atoms with Crippen molar-refractivity contribution in [2.45, 2.75) is 38.4 Å². The van der Waals surface area contributed by atoms with Gasteiger partial charge in [-0.15, -0.1) is 11.3 Å². The molecule has 2 N–H and O–H groups in total. The molecule has 0 aliphatic carbocycles. The number of carboxylic acids is 1. The third-order valence-electron chi connectivity index (χ3n) is 6.29. The van der Waals surface area contributed by atoms with Crippen molar-refractivity contribution in [2.24, 2.45) is 0 Å². The number of fused-ring (bicyclic) bond motifs is 3. The van der Waals surface area contributed by atoms with Crippen molar-refractivity contribution in [3.63, 3.8) is 0 Å². The largest absolute Gasteiger partial charge is 0.477 e. The quantitative estimate of drug-likeness (QED) is 0.664. The molecule has 1 aromatic carbocycles. The molecule has 7 heteroatoms. The molecule has 156 valence electrons. The van der Waals surface area contributed by atoms with Crippen molar-refractivity contribution in [1.82, 2.24) is 4.98 Å². The topological polar surface area (TPSA) is 82.9 Å². The van der Waals surface area contributed by atoms with E-state index in [2.05, 4.69) is 24.0 Å². The molecule has 4 heterocycles. The Bertz CT molecular complexity index is 1130. The number of carbonyl (C=O) groups is 1. The Hall–Kier alpha value is -2.48. The number of benzene rings is 1. The Morgan fingerprint density at radius 2 is 2.07 bits per heavy atom. The van der Waals surface area contributed by atoms with Crippen LogP contribution < -0.4 is 4.90 Å². The Morgan fingerprint density at radius 1 is 1.27 bits per heavy atom. The summed E-state index contributed by atoms with van der Waals surface area (Å²) in [5, 5.41) is 20.4. The van der Waals surface area contributed by atoms with Crippen molar-refractivity contribution in [1.29, 1.82) is 0 Å². The maximum atomic E-state index is 11.5. The predicted molar refractivity (Wildman–Crippen MR) is 116 cm³/mol. The van der Waals surface area contributed by atoms with Gasteiger partial charge in [0.15, 0.2) is 0 Å². The molecule has 0 saturated carbocycles. The zero-order valence-corrected chi connectivity index (χ0v) is 17.7. The van der Waals surface area contributed by atoms with Crippen LogP contribution in [0.3, 0.4) is 0 Å². The molecule has 2 aromatic heterocycles. The van der Waals surface area contributed by atoms with Crippen molar-refractivity contribution in [2.75, 3.05) is 24.6 Å². The molecule has 5 rings (SSSR count). The summed E-state index contributed by atoms with van der Waals surface area (Å²) in [6, 6.07) is 10.0. The molecule has 0 atom stereocenters. The smallest absolute Gasteiger partial charge is 0.345 e. The molecule has 1 fully saturated rings. The van der Waals surface area contributed by atoms with Crippen LogP contribution in [0.15, 0.2) is 30.3 Å². The van der Waals surface area contributed by atoms with Crippen LogP contribution in [0.25, 0.3) is 10.9 Å². The minimum absolute atomic E-state index is 0.0546. The molecular formula is C23H24N2O4S. The van der Waals surface area contributed by atoms with Gasteiger partial charge in [0.25, 0.3) is 0 Å². The highest BCUT2D eigenvalue weighted by Gasteiger charge is 2.42. The Balaban J connectivity index is 1.45. The summed E-state index contributed by atoms with van der Waals surface area (Å²) >= 11 is 1.38. The van der Waals surface area contributed by atoms with Gasteiger partial charge in [0, 0.05) is 35.3 Å². The monoisotopic (exact) mass is 424 g/mol. The maximum Gasteiger partial charge on any atom is 0.345 e. The fourth-order valence-electron chi connectivity index (χ4n) is 4.72. The van der Waals surface area contributed by atoms with Gasteiger partial charge in [-0.05, 0) is 49.1 Å². The molecule has 0 amide bonds. The number of thiophene rings is 1. The lowest BCUT2D eigenvalue weighted by molar-refractivity contribution is -0.0757. The molecule has 3 aromatic rings. The fraction of sp³-hybridized carbons (Fsp3) is 0.391. The van der Waals surface area contributed by atoms with E-state index in [9.17, 15) is 15.0 Å². The van der Waals surface area contributed by atoms with Crippen LogP contribution in [0.1, 0.15) is 44.1 Å². The number of carboxylic acid groups (broad SMARTS) is 1. The van der Waals surface area contributed by atoms with Crippen LogP contribution >= 0.6 is 11.3 Å². The van der Waals surface area contributed by atoms with E-state index in [-0.39, 0.29) is 6.61 Å². The van der Waals surface area contributed by atoms with Gasteiger partial charge in [0.05, 0.1) is 24.3 Å². The highest BCUT2D eigenvalue weighted by Crippen LogP contribution is 2.45. The number of nitrogens with zero attached hydrogens (tertiary/aromatic N) is 2. The third-order valence-corrected chi connectivity index (χ3v) is 7.47. The molecule has 30 heavy (non-hydrogen) atoms. The Morgan fingerprint density at radius 3 is 2.80 bits per heavy atom. The zero-order chi connectivity index (χ0) is 20.9. The van der Waals surface area contributed by atoms with E-state index in [0.717, 1.165) is 70.6 Å². The fourth-order valence-corrected chi connectivity index (χ4v) is 5.79. The number of hydrogen-bond acceptors (Lipinski definition) is 6. The molecule has 2 aliphatic rings. The van der Waals surface area contributed by atoms with E-state index >= 15 is 0 Å². The second-order valence-electron chi connectivity index (χ2n) is 8.16. The molecule has 0 bridgehead atoms. The van der Waals surface area contributed by atoms with Gasteiger partial charge in [0.2, 0.25) is 0 Å². The van der Waals surface area contributed by atoms with E-state index < -0.39 is 11.6 Å². The van der Waals surface area contributed by atoms with Gasteiger partial charge < -0.3 is 19.8 Å². The van der Waals surface area contributed by atoms with Crippen molar-refractivity contribution in [3.05, 3.63) is 56.8 Å². The normalized spacial score (nSPS) is 18.0. The van der Waals surface area contributed by atoms with E-state index in [1.165, 1.54) is 11.3 Å². The summed E-state index contributed by atoms with van der Waals surface area (Å²) in [6.07, 6.45) is 2.32. The number of piperidine rings is 1. The first-order chi connectivity index (χ1) is 14.5. The maximum absolute atomic E-state index is 11.5. The number of rotatable bonds is 3. The predicted octanol–water partition coefficient (Wildman–Crippen LogP) is 3.86. The molecule has 6 nitrogen and oxygen atoms in total. The summed E-state index contributed by atoms with van der Waals surface area (Å²) < 4.78 is 6.27. The Kier molecular flexibility index (Phi) is 4.76. The first-order valence-electron chi connectivity index (χ1n) is 10.3. The molecule has 1 spiro atoms. The van der Waals surface area contributed by atoms with Gasteiger partial charge in [0.1, 0.15) is 10.7 Å². The van der Waals surface area contributed by atoms with Crippen LogP contribution in [0.5, 0.6) is 0 Å². The number of aromatic nitrogens is 1. The summed E-state index contributed by atoms with van der Waals surface area (Å²) in [7, 11) is 0. The number of aliphatic hydroxyl groups excluding tert-OH is 1. The minimum atomic E-state index is -0.870. The van der Waals surface area contributed by atoms with Gasteiger partial charge >= 0.3 is 5.97 Å². The number of anilines is 1. The average molecular weight is 425 g/mol. The second kappa shape index (κ2) is 7.34. The minimum Gasteiger partial charge on any atom is -0.477 e. The third kappa shape index (κ3) is 3.17. The van der Waals surface area contributed by atoms with Gasteiger partial charge in [-0.3, -0.25) is 0 Å². The lowest BCUT2D eigenvalue weighted by atomic mass is 9.82. The molecule has 0 unspecified atom stereocenters. The second-order valence-corrected chi connectivity index (χ2v) is 9.29. The van der Waals surface area contributed by atoms with Crippen LogP contribution in [-0.2, 0) is 23.4 Å². The van der Waals surface area contributed by atoms with E-state index in [4.69, 9.17) is 9.72 Å². The van der Waals surface area contributed by atoms with Gasteiger partial charge in [-0.1, -0.05) is 12.1 Å². The average Bonchev–Trinajstić information content (AvgIpc) is 3.20. The first kappa shape index (κ1) is 19.5. The van der Waals surface area contributed by atoms with Crippen molar-refractivity contribution < 1.29 is 19.7 Å². The van der Waals surface area contributed by atoms with Gasteiger partial charge in [-0.2, -0.15) is 0 Å². The van der Waals surface area contributed by atoms with E-state index in [0.29, 0.717) is 11.5 Å². The van der Waals surface area contributed by atoms with E-state index in [1.807, 2.05) is 18.2 Å². The van der Waals surface area contributed by atoms with Crippen molar-refractivity contribution in [3.8, 4) is 0 Å². The number of ether oxygens (including phenoxy) is 1. The molecular weight excluding hydrogens is 400 g/mol. The lowest BCUT2D eigenvalue weighted by Crippen LogP contribution is -2.46. The number of aliphatic hydroxyl groups is 1. The molecule has 1 saturated heterocycles. The van der Waals surface area contributed by atoms with Crippen molar-refractivity contribution >= 4 is 34.0 Å². The molecule has 2 aliphatic heterocycles. The standard InChI is InChI=1S/C23H24N2O4S/c1-14-2-3-15-11-16(13-26)21(24-18(15)10-14)25-7-5-23(6-8-25)17-12-20(22(27)28)30-19(17)4-9-29-23/h2-3,10-12,26H,4-9,13H2,1H3,(H,27,28).